The number of hydrogen-bond acceptors (Lipinski definition) is 4. The minimum atomic E-state index is -4.37. The molecule has 0 aliphatic rings. The Hall–Kier alpha value is -3.79. The molecular weight excluding hydrogens is 524 g/mol. The van der Waals surface area contributed by atoms with E-state index in [0.717, 1.165) is 15.9 Å². The third kappa shape index (κ3) is 7.41. The van der Waals surface area contributed by atoms with Gasteiger partial charge >= 0.3 is 0 Å². The highest BCUT2D eigenvalue weighted by molar-refractivity contribution is 7.92. The van der Waals surface area contributed by atoms with Crippen molar-refractivity contribution in [3.05, 3.63) is 95.6 Å². The van der Waals surface area contributed by atoms with Crippen LogP contribution in [-0.2, 0) is 26.2 Å². The van der Waals surface area contributed by atoms with Crippen molar-refractivity contribution in [2.75, 3.05) is 17.4 Å². The summed E-state index contributed by atoms with van der Waals surface area (Å²) in [7, 11) is -4.37. The molecule has 0 spiro atoms. The van der Waals surface area contributed by atoms with Crippen molar-refractivity contribution in [3.63, 3.8) is 0 Å². The first-order valence-electron chi connectivity index (χ1n) is 12.7. The van der Waals surface area contributed by atoms with Gasteiger partial charge in [-0.1, -0.05) is 55.8 Å². The highest BCUT2D eigenvalue weighted by Gasteiger charge is 2.34. The predicted molar refractivity (Wildman–Crippen MR) is 146 cm³/mol. The van der Waals surface area contributed by atoms with Crippen molar-refractivity contribution in [2.45, 2.75) is 51.1 Å². The van der Waals surface area contributed by atoms with Gasteiger partial charge in [0.15, 0.2) is 0 Å². The van der Waals surface area contributed by atoms with Crippen LogP contribution in [0.15, 0.2) is 77.7 Å². The van der Waals surface area contributed by atoms with Crippen LogP contribution < -0.4 is 9.62 Å². The fourth-order valence-electron chi connectivity index (χ4n) is 4.08. The molecule has 0 bridgehead atoms. The number of amides is 2. The summed E-state index contributed by atoms with van der Waals surface area (Å²) in [5.74, 6) is -2.39. The molecule has 0 saturated heterocycles. The molecule has 3 rings (SSSR count). The molecule has 7 nitrogen and oxygen atoms in total. The Balaban J connectivity index is 2.05. The van der Waals surface area contributed by atoms with Crippen molar-refractivity contribution in [1.29, 1.82) is 0 Å². The minimum Gasteiger partial charge on any atom is -0.354 e. The van der Waals surface area contributed by atoms with Crippen molar-refractivity contribution in [2.24, 2.45) is 0 Å². The molecule has 10 heteroatoms. The van der Waals surface area contributed by atoms with E-state index in [4.69, 9.17) is 0 Å². The maximum atomic E-state index is 14.9. The highest BCUT2D eigenvalue weighted by atomic mass is 32.2. The third-order valence-corrected chi connectivity index (χ3v) is 7.98. The highest BCUT2D eigenvalue weighted by Crippen LogP contribution is 2.27. The van der Waals surface area contributed by atoms with E-state index < -0.39 is 46.1 Å². The number of benzene rings is 3. The van der Waals surface area contributed by atoms with E-state index in [0.29, 0.717) is 18.5 Å². The molecule has 0 heterocycles. The number of para-hydroxylation sites is 1. The summed E-state index contributed by atoms with van der Waals surface area (Å²) in [6, 6.07) is 15.8. The molecule has 1 atom stereocenters. The lowest BCUT2D eigenvalue weighted by Gasteiger charge is -2.33. The molecule has 0 aliphatic carbocycles. The van der Waals surface area contributed by atoms with Gasteiger partial charge in [0, 0.05) is 13.1 Å². The number of nitrogens with one attached hydrogen (secondary N) is 1. The Kier molecular flexibility index (Phi) is 10.2. The summed E-state index contributed by atoms with van der Waals surface area (Å²) in [4.78, 5) is 28.0. The summed E-state index contributed by atoms with van der Waals surface area (Å²) in [6.07, 6.45) is 0.927. The molecule has 1 unspecified atom stereocenters. The molecule has 39 heavy (non-hydrogen) atoms. The fourth-order valence-corrected chi connectivity index (χ4v) is 5.50. The average molecular weight is 558 g/mol. The van der Waals surface area contributed by atoms with Crippen LogP contribution in [0.3, 0.4) is 0 Å². The Morgan fingerprint density at radius 3 is 2.15 bits per heavy atom. The van der Waals surface area contributed by atoms with E-state index >= 15 is 0 Å². The number of carbonyl (C=O) groups excluding carboxylic acids is 2. The van der Waals surface area contributed by atoms with E-state index in [1.54, 1.807) is 26.0 Å². The zero-order chi connectivity index (χ0) is 28.6. The molecule has 0 fully saturated rings. The van der Waals surface area contributed by atoms with E-state index in [-0.39, 0.29) is 23.5 Å². The standard InChI is InChI=1S/C29H33F2N3O4S/c1-4-18-32-29(36)26(5-2)33(19-22-12-14-23(30)15-13-22)28(35)20-34(27-9-7-6-8-25(27)31)39(37,38)24-16-10-21(3)11-17-24/h6-17,26H,4-5,18-20H2,1-3H3,(H,32,36). The van der Waals surface area contributed by atoms with Crippen LogP contribution in [0.1, 0.15) is 37.8 Å². The summed E-state index contributed by atoms with van der Waals surface area (Å²) in [6.45, 7) is 5.00. The van der Waals surface area contributed by atoms with E-state index in [9.17, 15) is 26.8 Å². The van der Waals surface area contributed by atoms with Crippen LogP contribution in [0.5, 0.6) is 0 Å². The lowest BCUT2D eigenvalue weighted by Crippen LogP contribution is -2.52. The van der Waals surface area contributed by atoms with Gasteiger partial charge in [-0.05, 0) is 61.7 Å². The molecule has 0 radical (unpaired) electrons. The van der Waals surface area contributed by atoms with E-state index in [2.05, 4.69) is 5.32 Å². The van der Waals surface area contributed by atoms with Crippen molar-refractivity contribution in [1.82, 2.24) is 10.2 Å². The van der Waals surface area contributed by atoms with Gasteiger partial charge in [-0.25, -0.2) is 17.2 Å². The molecule has 208 valence electrons. The monoisotopic (exact) mass is 557 g/mol. The molecule has 3 aromatic carbocycles. The van der Waals surface area contributed by atoms with Gasteiger partial charge in [-0.2, -0.15) is 0 Å². The van der Waals surface area contributed by atoms with Crippen LogP contribution in [0.4, 0.5) is 14.5 Å². The Morgan fingerprint density at radius 1 is 0.923 bits per heavy atom. The molecule has 0 aromatic heterocycles. The number of anilines is 1. The fraction of sp³-hybridized carbons (Fsp3) is 0.310. The zero-order valence-electron chi connectivity index (χ0n) is 22.2. The Morgan fingerprint density at radius 2 is 1.56 bits per heavy atom. The van der Waals surface area contributed by atoms with Crippen molar-refractivity contribution < 1.29 is 26.8 Å². The second kappa shape index (κ2) is 13.3. The average Bonchev–Trinajstić information content (AvgIpc) is 2.92. The van der Waals surface area contributed by atoms with Crippen molar-refractivity contribution in [3.8, 4) is 0 Å². The number of nitrogens with zero attached hydrogens (tertiary/aromatic N) is 2. The second-order valence-corrected chi connectivity index (χ2v) is 11.0. The lowest BCUT2D eigenvalue weighted by molar-refractivity contribution is -0.140. The predicted octanol–water partition coefficient (Wildman–Crippen LogP) is 4.80. The second-order valence-electron chi connectivity index (χ2n) is 9.14. The first-order chi connectivity index (χ1) is 18.6. The van der Waals surface area contributed by atoms with Crippen molar-refractivity contribution >= 4 is 27.5 Å². The topological polar surface area (TPSA) is 86.8 Å². The number of aryl methyl sites for hydroxylation is 1. The van der Waals surface area contributed by atoms with E-state index in [1.807, 2.05) is 6.92 Å². The zero-order valence-corrected chi connectivity index (χ0v) is 23.0. The van der Waals surface area contributed by atoms with Gasteiger partial charge in [0.05, 0.1) is 10.6 Å². The summed E-state index contributed by atoms with van der Waals surface area (Å²) < 4.78 is 56.7. The van der Waals surface area contributed by atoms with Gasteiger partial charge in [0.1, 0.15) is 24.2 Å². The number of halogens is 2. The van der Waals surface area contributed by atoms with Crippen LogP contribution in [0, 0.1) is 18.6 Å². The first kappa shape index (κ1) is 29.8. The number of carbonyl (C=O) groups is 2. The summed E-state index contributed by atoms with van der Waals surface area (Å²) >= 11 is 0. The number of sulfonamides is 1. The number of hydrogen-bond donors (Lipinski definition) is 1. The summed E-state index contributed by atoms with van der Waals surface area (Å²) in [5.41, 5.74) is 1.08. The maximum absolute atomic E-state index is 14.9. The summed E-state index contributed by atoms with van der Waals surface area (Å²) in [5, 5.41) is 2.78. The van der Waals surface area contributed by atoms with Gasteiger partial charge < -0.3 is 10.2 Å². The van der Waals surface area contributed by atoms with Gasteiger partial charge in [0.25, 0.3) is 10.0 Å². The molecule has 0 saturated carbocycles. The SMILES string of the molecule is CCCNC(=O)C(CC)N(Cc1ccc(F)cc1)C(=O)CN(c1ccccc1F)S(=O)(=O)c1ccc(C)cc1. The van der Waals surface area contributed by atoms with E-state index in [1.165, 1.54) is 59.5 Å². The largest absolute Gasteiger partial charge is 0.354 e. The molecule has 3 aromatic rings. The minimum absolute atomic E-state index is 0.0765. The van der Waals surface area contributed by atoms with Crippen LogP contribution in [0.2, 0.25) is 0 Å². The van der Waals surface area contributed by atoms with Gasteiger partial charge in [-0.15, -0.1) is 0 Å². The van der Waals surface area contributed by atoms with Crippen LogP contribution in [0.25, 0.3) is 0 Å². The smallest absolute Gasteiger partial charge is 0.264 e. The molecule has 2 amide bonds. The van der Waals surface area contributed by atoms with Gasteiger partial charge in [0.2, 0.25) is 11.8 Å². The van der Waals surface area contributed by atoms with Crippen LogP contribution in [-0.4, -0.2) is 44.3 Å². The van der Waals surface area contributed by atoms with Crippen LogP contribution >= 0.6 is 0 Å². The lowest BCUT2D eigenvalue weighted by atomic mass is 10.1. The molecule has 0 aliphatic heterocycles. The number of rotatable bonds is 12. The Labute approximate surface area is 228 Å². The first-order valence-corrected chi connectivity index (χ1v) is 14.2. The molecule has 1 N–H and O–H groups in total. The quantitative estimate of drug-likeness (QED) is 0.347. The maximum Gasteiger partial charge on any atom is 0.264 e. The third-order valence-electron chi connectivity index (χ3n) is 6.21. The van der Waals surface area contributed by atoms with Gasteiger partial charge in [-0.3, -0.25) is 13.9 Å². The normalized spacial score (nSPS) is 12.0. The Bertz CT molecular complexity index is 1380. The molecular formula is C29H33F2N3O4S.